The van der Waals surface area contributed by atoms with Gasteiger partial charge >= 0.3 is 5.97 Å². The summed E-state index contributed by atoms with van der Waals surface area (Å²) in [5.41, 5.74) is 0.400. The molecule has 3 nitrogen and oxygen atoms in total. The van der Waals surface area contributed by atoms with Crippen LogP contribution in [0.3, 0.4) is 0 Å². The Hall–Kier alpha value is -1.63. The Bertz CT molecular complexity index is 613. The van der Waals surface area contributed by atoms with Crippen LogP contribution in [-0.2, 0) is 6.61 Å². The maximum Gasteiger partial charge on any atom is 0.335 e. The molecular weight excluding hydrogens is 362 g/mol. The van der Waals surface area contributed by atoms with Crippen molar-refractivity contribution >= 4 is 28.6 Å². The van der Waals surface area contributed by atoms with E-state index < -0.39 is 11.8 Å². The van der Waals surface area contributed by atoms with E-state index in [-0.39, 0.29) is 12.2 Å². The van der Waals surface area contributed by atoms with Gasteiger partial charge in [0, 0.05) is 3.57 Å². The van der Waals surface area contributed by atoms with Crippen molar-refractivity contribution in [2.24, 2.45) is 0 Å². The van der Waals surface area contributed by atoms with Gasteiger partial charge in [-0.2, -0.15) is 0 Å². The van der Waals surface area contributed by atoms with E-state index >= 15 is 0 Å². The SMILES string of the molecule is O=C(O)c1cc(F)cc(COc2cccc(I)c2)c1. The lowest BCUT2D eigenvalue weighted by molar-refractivity contribution is 0.0696. The molecule has 0 amide bonds. The van der Waals surface area contributed by atoms with E-state index in [2.05, 4.69) is 22.6 Å². The minimum absolute atomic E-state index is 0.0822. The molecule has 0 spiro atoms. The van der Waals surface area contributed by atoms with Gasteiger partial charge in [0.15, 0.2) is 0 Å². The van der Waals surface area contributed by atoms with Gasteiger partial charge in [-0.3, -0.25) is 0 Å². The van der Waals surface area contributed by atoms with E-state index in [1.165, 1.54) is 12.1 Å². The van der Waals surface area contributed by atoms with Gasteiger partial charge in [0.1, 0.15) is 18.2 Å². The molecule has 5 heteroatoms. The highest BCUT2D eigenvalue weighted by Crippen LogP contribution is 2.17. The Kier molecular flexibility index (Phi) is 4.36. The molecule has 0 unspecified atom stereocenters. The minimum Gasteiger partial charge on any atom is -0.489 e. The topological polar surface area (TPSA) is 46.5 Å². The molecule has 1 N–H and O–H groups in total. The zero-order valence-electron chi connectivity index (χ0n) is 9.77. The highest BCUT2D eigenvalue weighted by atomic mass is 127. The number of hydrogen-bond donors (Lipinski definition) is 1. The Morgan fingerprint density at radius 2 is 2.05 bits per heavy atom. The summed E-state index contributed by atoms with van der Waals surface area (Å²) < 4.78 is 19.8. The summed E-state index contributed by atoms with van der Waals surface area (Å²) in [6, 6.07) is 11.1. The van der Waals surface area contributed by atoms with Crippen LogP contribution in [-0.4, -0.2) is 11.1 Å². The van der Waals surface area contributed by atoms with E-state index in [4.69, 9.17) is 9.84 Å². The third kappa shape index (κ3) is 3.92. The highest BCUT2D eigenvalue weighted by molar-refractivity contribution is 14.1. The smallest absolute Gasteiger partial charge is 0.335 e. The van der Waals surface area contributed by atoms with Gasteiger partial charge in [-0.05, 0) is 64.6 Å². The molecule has 0 aliphatic rings. The Morgan fingerprint density at radius 3 is 2.74 bits per heavy atom. The fraction of sp³-hybridized carbons (Fsp3) is 0.0714. The number of benzene rings is 2. The number of carboxylic acids is 1. The van der Waals surface area contributed by atoms with Crippen LogP contribution < -0.4 is 4.74 Å². The molecule has 0 atom stereocenters. The van der Waals surface area contributed by atoms with Gasteiger partial charge in [0.2, 0.25) is 0 Å². The third-order valence-electron chi connectivity index (χ3n) is 2.41. The Labute approximate surface area is 123 Å². The molecule has 2 aromatic carbocycles. The van der Waals surface area contributed by atoms with Gasteiger partial charge in [-0.15, -0.1) is 0 Å². The Balaban J connectivity index is 2.13. The third-order valence-corrected chi connectivity index (χ3v) is 3.08. The maximum atomic E-state index is 13.3. The first-order valence-corrected chi connectivity index (χ1v) is 6.53. The average molecular weight is 372 g/mol. The Morgan fingerprint density at radius 1 is 1.26 bits per heavy atom. The molecule has 19 heavy (non-hydrogen) atoms. The molecule has 0 heterocycles. The van der Waals surface area contributed by atoms with Gasteiger partial charge < -0.3 is 9.84 Å². The van der Waals surface area contributed by atoms with Crippen molar-refractivity contribution in [3.8, 4) is 5.75 Å². The minimum atomic E-state index is -1.16. The zero-order valence-corrected chi connectivity index (χ0v) is 11.9. The normalized spacial score (nSPS) is 10.2. The molecule has 2 aromatic rings. The standard InChI is InChI=1S/C14H10FIO3/c15-11-5-9(4-10(6-11)14(17)18)8-19-13-3-1-2-12(16)7-13/h1-7H,8H2,(H,17,18). The van der Waals surface area contributed by atoms with Crippen molar-refractivity contribution in [2.45, 2.75) is 6.61 Å². The number of carboxylic acid groups (broad SMARTS) is 1. The van der Waals surface area contributed by atoms with Crippen LogP contribution in [0.5, 0.6) is 5.75 Å². The first-order chi connectivity index (χ1) is 9.04. The number of halogens is 2. The van der Waals surface area contributed by atoms with Crippen molar-refractivity contribution in [1.29, 1.82) is 0 Å². The van der Waals surface area contributed by atoms with Crippen LogP contribution in [0.15, 0.2) is 42.5 Å². The number of hydrogen-bond acceptors (Lipinski definition) is 2. The average Bonchev–Trinajstić information content (AvgIpc) is 2.36. The second-order valence-corrected chi connectivity index (χ2v) is 5.14. The molecule has 0 saturated carbocycles. The largest absolute Gasteiger partial charge is 0.489 e. The second-order valence-electron chi connectivity index (χ2n) is 3.90. The molecule has 98 valence electrons. The summed E-state index contributed by atoms with van der Waals surface area (Å²) >= 11 is 2.16. The number of ether oxygens (including phenoxy) is 1. The fourth-order valence-corrected chi connectivity index (χ4v) is 2.10. The number of carbonyl (C=O) groups is 1. The summed E-state index contributed by atoms with van der Waals surface area (Å²) in [6.45, 7) is 0.123. The molecule has 0 saturated heterocycles. The second kappa shape index (κ2) is 6.01. The van der Waals surface area contributed by atoms with Gasteiger partial charge in [0.25, 0.3) is 0 Å². The number of aromatic carboxylic acids is 1. The lowest BCUT2D eigenvalue weighted by atomic mass is 10.1. The summed E-state index contributed by atoms with van der Waals surface area (Å²) in [7, 11) is 0. The summed E-state index contributed by atoms with van der Waals surface area (Å²) in [6.07, 6.45) is 0. The lowest BCUT2D eigenvalue weighted by Gasteiger charge is -2.07. The van der Waals surface area contributed by atoms with Gasteiger partial charge in [0.05, 0.1) is 5.56 Å². The van der Waals surface area contributed by atoms with Crippen molar-refractivity contribution in [1.82, 2.24) is 0 Å². The van der Waals surface area contributed by atoms with Crippen LogP contribution >= 0.6 is 22.6 Å². The quantitative estimate of drug-likeness (QED) is 0.833. The first-order valence-electron chi connectivity index (χ1n) is 5.46. The van der Waals surface area contributed by atoms with E-state index in [0.29, 0.717) is 11.3 Å². The van der Waals surface area contributed by atoms with E-state index in [0.717, 1.165) is 9.64 Å². The summed E-state index contributed by atoms with van der Waals surface area (Å²) in [5.74, 6) is -1.08. The monoisotopic (exact) mass is 372 g/mol. The summed E-state index contributed by atoms with van der Waals surface area (Å²) in [4.78, 5) is 10.8. The van der Waals surface area contributed by atoms with Gasteiger partial charge in [-0.25, -0.2) is 9.18 Å². The number of rotatable bonds is 4. The zero-order chi connectivity index (χ0) is 13.8. The van der Waals surface area contributed by atoms with Crippen LogP contribution in [0.25, 0.3) is 0 Å². The van der Waals surface area contributed by atoms with E-state index in [1.807, 2.05) is 18.2 Å². The lowest BCUT2D eigenvalue weighted by Crippen LogP contribution is -2.02. The van der Waals surface area contributed by atoms with Crippen molar-refractivity contribution in [3.05, 3.63) is 63.0 Å². The van der Waals surface area contributed by atoms with E-state index in [9.17, 15) is 9.18 Å². The molecule has 0 aromatic heterocycles. The molecule has 2 rings (SSSR count). The van der Waals surface area contributed by atoms with E-state index in [1.54, 1.807) is 6.07 Å². The van der Waals surface area contributed by atoms with Crippen LogP contribution in [0, 0.1) is 9.39 Å². The van der Waals surface area contributed by atoms with Crippen molar-refractivity contribution < 1.29 is 19.0 Å². The molecular formula is C14H10FIO3. The van der Waals surface area contributed by atoms with Crippen molar-refractivity contribution in [3.63, 3.8) is 0 Å². The summed E-state index contributed by atoms with van der Waals surface area (Å²) in [5, 5.41) is 8.85. The maximum absolute atomic E-state index is 13.3. The predicted molar refractivity (Wildman–Crippen MR) is 76.9 cm³/mol. The van der Waals surface area contributed by atoms with Crippen LogP contribution in [0.4, 0.5) is 4.39 Å². The van der Waals surface area contributed by atoms with Crippen LogP contribution in [0.2, 0.25) is 0 Å². The van der Waals surface area contributed by atoms with Gasteiger partial charge in [-0.1, -0.05) is 6.07 Å². The molecule has 0 fully saturated rings. The first kappa shape index (κ1) is 13.8. The molecule has 0 radical (unpaired) electrons. The highest BCUT2D eigenvalue weighted by Gasteiger charge is 2.07. The molecule has 0 aliphatic carbocycles. The fourth-order valence-electron chi connectivity index (χ4n) is 1.58. The molecule has 0 aliphatic heterocycles. The molecule has 0 bridgehead atoms. The van der Waals surface area contributed by atoms with Crippen molar-refractivity contribution in [2.75, 3.05) is 0 Å². The van der Waals surface area contributed by atoms with Crippen LogP contribution in [0.1, 0.15) is 15.9 Å². The predicted octanol–water partition coefficient (Wildman–Crippen LogP) is 3.71.